The molecule has 2 heterocycles. The molecule has 1 aromatic heterocycles. The van der Waals surface area contributed by atoms with Crippen molar-refractivity contribution in [1.82, 2.24) is 9.97 Å². The molecule has 0 aliphatic carbocycles. The summed E-state index contributed by atoms with van der Waals surface area (Å²) in [5.74, 6) is 0.892. The minimum absolute atomic E-state index is 0.469. The SMILES string of the molecule is C=CCC1(CCC)CCN(c2nccc(C)n2)CC1. The maximum absolute atomic E-state index is 4.53. The molecule has 1 aliphatic heterocycles. The van der Waals surface area contributed by atoms with Gasteiger partial charge in [-0.2, -0.15) is 0 Å². The number of hydrogen-bond donors (Lipinski definition) is 0. The highest BCUT2D eigenvalue weighted by atomic mass is 15.3. The van der Waals surface area contributed by atoms with E-state index in [1.165, 1.54) is 25.7 Å². The molecule has 0 bridgehead atoms. The molecule has 0 saturated carbocycles. The summed E-state index contributed by atoms with van der Waals surface area (Å²) in [7, 11) is 0. The summed E-state index contributed by atoms with van der Waals surface area (Å²) in [6.45, 7) is 10.4. The predicted molar refractivity (Wildman–Crippen MR) is 80.4 cm³/mol. The van der Waals surface area contributed by atoms with E-state index in [4.69, 9.17) is 0 Å². The topological polar surface area (TPSA) is 29.0 Å². The molecule has 0 unspecified atom stereocenters. The Labute approximate surface area is 116 Å². The second-order valence-corrected chi connectivity index (χ2v) is 5.73. The van der Waals surface area contributed by atoms with Crippen molar-refractivity contribution in [1.29, 1.82) is 0 Å². The second kappa shape index (κ2) is 6.18. The lowest BCUT2D eigenvalue weighted by atomic mass is 9.72. The first-order valence-corrected chi connectivity index (χ1v) is 7.34. The Kier molecular flexibility index (Phi) is 4.56. The monoisotopic (exact) mass is 259 g/mol. The number of nitrogens with zero attached hydrogens (tertiary/aromatic N) is 3. The molecule has 0 N–H and O–H groups in total. The van der Waals surface area contributed by atoms with Crippen molar-refractivity contribution >= 4 is 5.95 Å². The number of allylic oxidation sites excluding steroid dienone is 1. The third kappa shape index (κ3) is 3.34. The Morgan fingerprint density at radius 3 is 2.74 bits per heavy atom. The van der Waals surface area contributed by atoms with Gasteiger partial charge in [-0.25, -0.2) is 9.97 Å². The van der Waals surface area contributed by atoms with E-state index in [9.17, 15) is 0 Å². The Balaban J connectivity index is 2.03. The molecule has 1 aromatic rings. The van der Waals surface area contributed by atoms with Gasteiger partial charge in [0.2, 0.25) is 5.95 Å². The molecule has 0 amide bonds. The molecule has 2 rings (SSSR count). The summed E-state index contributed by atoms with van der Waals surface area (Å²) in [5.41, 5.74) is 1.51. The summed E-state index contributed by atoms with van der Waals surface area (Å²) in [6, 6.07) is 1.95. The molecule has 3 heteroatoms. The van der Waals surface area contributed by atoms with E-state index in [1.54, 1.807) is 0 Å². The molecule has 1 aliphatic rings. The number of anilines is 1. The third-order valence-electron chi connectivity index (χ3n) is 4.25. The van der Waals surface area contributed by atoms with Crippen LogP contribution in [-0.2, 0) is 0 Å². The lowest BCUT2D eigenvalue weighted by Gasteiger charge is -2.41. The number of piperidine rings is 1. The summed E-state index contributed by atoms with van der Waals surface area (Å²) >= 11 is 0. The number of aromatic nitrogens is 2. The van der Waals surface area contributed by atoms with Crippen LogP contribution < -0.4 is 4.90 Å². The summed E-state index contributed by atoms with van der Waals surface area (Å²) in [6.07, 6.45) is 10.1. The van der Waals surface area contributed by atoms with Gasteiger partial charge in [0.05, 0.1) is 0 Å². The largest absolute Gasteiger partial charge is 0.341 e. The van der Waals surface area contributed by atoms with Crippen molar-refractivity contribution in [3.05, 3.63) is 30.6 Å². The molecular weight excluding hydrogens is 234 g/mol. The van der Waals surface area contributed by atoms with Gasteiger partial charge in [0, 0.05) is 25.0 Å². The van der Waals surface area contributed by atoms with Gasteiger partial charge in [0.1, 0.15) is 0 Å². The molecule has 3 nitrogen and oxygen atoms in total. The van der Waals surface area contributed by atoms with E-state index in [0.29, 0.717) is 5.41 Å². The average Bonchev–Trinajstić information content (AvgIpc) is 2.40. The zero-order valence-electron chi connectivity index (χ0n) is 12.2. The van der Waals surface area contributed by atoms with Crippen LogP contribution in [0.2, 0.25) is 0 Å². The first-order valence-electron chi connectivity index (χ1n) is 7.34. The molecule has 1 fully saturated rings. The molecule has 19 heavy (non-hydrogen) atoms. The van der Waals surface area contributed by atoms with Crippen LogP contribution in [0.25, 0.3) is 0 Å². The van der Waals surface area contributed by atoms with Crippen LogP contribution in [0, 0.1) is 12.3 Å². The average molecular weight is 259 g/mol. The third-order valence-corrected chi connectivity index (χ3v) is 4.25. The minimum atomic E-state index is 0.469. The summed E-state index contributed by atoms with van der Waals surface area (Å²) in [4.78, 5) is 11.3. The molecule has 0 aromatic carbocycles. The highest BCUT2D eigenvalue weighted by Gasteiger charge is 2.33. The van der Waals surface area contributed by atoms with Crippen LogP contribution in [0.5, 0.6) is 0 Å². The zero-order valence-corrected chi connectivity index (χ0v) is 12.2. The maximum Gasteiger partial charge on any atom is 0.225 e. The van der Waals surface area contributed by atoms with Crippen LogP contribution in [-0.4, -0.2) is 23.1 Å². The van der Waals surface area contributed by atoms with Crippen molar-refractivity contribution in [3.8, 4) is 0 Å². The van der Waals surface area contributed by atoms with E-state index < -0.39 is 0 Å². The standard InChI is InChI=1S/C16H25N3/c1-4-7-16(8-5-2)9-12-19(13-10-16)15-17-11-6-14(3)18-15/h4,6,11H,1,5,7-10,12-13H2,2-3H3. The Hall–Kier alpha value is -1.38. The quantitative estimate of drug-likeness (QED) is 0.754. The van der Waals surface area contributed by atoms with Gasteiger partial charge in [-0.15, -0.1) is 6.58 Å². The van der Waals surface area contributed by atoms with E-state index in [2.05, 4.69) is 34.4 Å². The van der Waals surface area contributed by atoms with E-state index in [-0.39, 0.29) is 0 Å². The number of aryl methyl sites for hydroxylation is 1. The normalized spacial score (nSPS) is 18.3. The van der Waals surface area contributed by atoms with Crippen LogP contribution in [0.4, 0.5) is 5.95 Å². The van der Waals surface area contributed by atoms with Crippen molar-refractivity contribution in [2.45, 2.75) is 46.0 Å². The van der Waals surface area contributed by atoms with Crippen molar-refractivity contribution in [2.75, 3.05) is 18.0 Å². The van der Waals surface area contributed by atoms with Crippen molar-refractivity contribution in [2.24, 2.45) is 5.41 Å². The highest BCUT2D eigenvalue weighted by molar-refractivity contribution is 5.31. The fraction of sp³-hybridized carbons (Fsp3) is 0.625. The Morgan fingerprint density at radius 2 is 2.16 bits per heavy atom. The lowest BCUT2D eigenvalue weighted by Crippen LogP contribution is -2.40. The van der Waals surface area contributed by atoms with Gasteiger partial charge in [-0.1, -0.05) is 19.4 Å². The van der Waals surface area contributed by atoms with Crippen LogP contribution in [0.1, 0.15) is 44.7 Å². The van der Waals surface area contributed by atoms with E-state index >= 15 is 0 Å². The van der Waals surface area contributed by atoms with Crippen molar-refractivity contribution in [3.63, 3.8) is 0 Å². The predicted octanol–water partition coefficient (Wildman–Crippen LogP) is 3.75. The van der Waals surface area contributed by atoms with Gasteiger partial charge in [-0.05, 0) is 44.1 Å². The Bertz CT molecular complexity index is 420. The fourth-order valence-electron chi connectivity index (χ4n) is 3.16. The fourth-order valence-corrected chi connectivity index (χ4v) is 3.16. The molecule has 0 atom stereocenters. The maximum atomic E-state index is 4.53. The minimum Gasteiger partial charge on any atom is -0.341 e. The van der Waals surface area contributed by atoms with E-state index in [1.807, 2.05) is 19.2 Å². The van der Waals surface area contributed by atoms with Crippen LogP contribution in [0.15, 0.2) is 24.9 Å². The first kappa shape index (κ1) is 14.0. The number of hydrogen-bond acceptors (Lipinski definition) is 3. The van der Waals surface area contributed by atoms with Gasteiger partial charge in [-0.3, -0.25) is 0 Å². The first-order chi connectivity index (χ1) is 9.19. The smallest absolute Gasteiger partial charge is 0.225 e. The Morgan fingerprint density at radius 1 is 1.42 bits per heavy atom. The van der Waals surface area contributed by atoms with E-state index in [0.717, 1.165) is 31.2 Å². The van der Waals surface area contributed by atoms with Gasteiger partial charge in [0.15, 0.2) is 0 Å². The molecule has 104 valence electrons. The van der Waals surface area contributed by atoms with Gasteiger partial charge < -0.3 is 4.90 Å². The van der Waals surface area contributed by atoms with Gasteiger partial charge in [0.25, 0.3) is 0 Å². The zero-order chi connectivity index (χ0) is 13.7. The molecular formula is C16H25N3. The summed E-state index contributed by atoms with van der Waals surface area (Å²) < 4.78 is 0. The summed E-state index contributed by atoms with van der Waals surface area (Å²) in [5, 5.41) is 0. The molecule has 0 radical (unpaired) electrons. The van der Waals surface area contributed by atoms with Crippen LogP contribution in [0.3, 0.4) is 0 Å². The van der Waals surface area contributed by atoms with Crippen molar-refractivity contribution < 1.29 is 0 Å². The van der Waals surface area contributed by atoms with Crippen LogP contribution >= 0.6 is 0 Å². The molecule has 1 saturated heterocycles. The lowest BCUT2D eigenvalue weighted by molar-refractivity contribution is 0.199. The highest BCUT2D eigenvalue weighted by Crippen LogP contribution is 2.40. The second-order valence-electron chi connectivity index (χ2n) is 5.73. The van der Waals surface area contributed by atoms with Gasteiger partial charge >= 0.3 is 0 Å². The molecule has 0 spiro atoms. The number of rotatable bonds is 5.